The zero-order valence-corrected chi connectivity index (χ0v) is 15.4. The van der Waals surface area contributed by atoms with Crippen molar-refractivity contribution in [2.45, 2.75) is 44.9 Å². The molecular formula is C16H23N3O3S2. The summed E-state index contributed by atoms with van der Waals surface area (Å²) >= 11 is 6.68. The minimum atomic E-state index is -0.178. The number of aryl methyl sites for hydroxylation is 2. The molecule has 1 heterocycles. The molecule has 1 aromatic rings. The van der Waals surface area contributed by atoms with E-state index in [1.807, 2.05) is 6.07 Å². The number of methoxy groups -OCH3 is 1. The van der Waals surface area contributed by atoms with E-state index in [4.69, 9.17) is 12.2 Å². The van der Waals surface area contributed by atoms with Crippen molar-refractivity contribution in [1.29, 1.82) is 0 Å². The fourth-order valence-corrected chi connectivity index (χ4v) is 3.84. The summed E-state index contributed by atoms with van der Waals surface area (Å²) in [6.07, 6.45) is 6.39. The van der Waals surface area contributed by atoms with Crippen molar-refractivity contribution in [1.82, 2.24) is 16.2 Å². The van der Waals surface area contributed by atoms with Crippen LogP contribution in [0.5, 0.6) is 0 Å². The molecule has 6 nitrogen and oxygen atoms in total. The lowest BCUT2D eigenvalue weighted by atomic mass is 10.2. The first-order valence-corrected chi connectivity index (χ1v) is 9.35. The van der Waals surface area contributed by atoms with Crippen LogP contribution in [0.25, 0.3) is 0 Å². The Hall–Kier alpha value is -1.67. The number of thiocarbonyl (C=S) groups is 1. The molecule has 2 rings (SSSR count). The van der Waals surface area contributed by atoms with Gasteiger partial charge in [0.2, 0.25) is 0 Å². The number of carbonyl (C=O) groups excluding carboxylic acids is 2. The molecule has 1 amide bonds. The Labute approximate surface area is 151 Å². The number of hydrazine groups is 1. The van der Waals surface area contributed by atoms with Gasteiger partial charge in [0.15, 0.2) is 5.11 Å². The second kappa shape index (κ2) is 9.58. The van der Waals surface area contributed by atoms with Crippen LogP contribution >= 0.6 is 23.6 Å². The van der Waals surface area contributed by atoms with Crippen LogP contribution in [-0.2, 0) is 22.4 Å². The van der Waals surface area contributed by atoms with E-state index in [9.17, 15) is 9.59 Å². The SMILES string of the molecule is COC(=O)CCCCCNC(=S)NNC(=O)c1cc2c(s1)CCC2. The van der Waals surface area contributed by atoms with Gasteiger partial charge < -0.3 is 10.1 Å². The number of carbonyl (C=O) groups is 2. The summed E-state index contributed by atoms with van der Waals surface area (Å²) in [7, 11) is 1.39. The van der Waals surface area contributed by atoms with E-state index < -0.39 is 0 Å². The minimum Gasteiger partial charge on any atom is -0.469 e. The summed E-state index contributed by atoms with van der Waals surface area (Å²) in [4.78, 5) is 25.1. The molecule has 8 heteroatoms. The van der Waals surface area contributed by atoms with Gasteiger partial charge in [-0.1, -0.05) is 6.42 Å². The number of hydrogen-bond acceptors (Lipinski definition) is 5. The molecule has 0 unspecified atom stereocenters. The standard InChI is InChI=1S/C16H23N3O3S2/c1-22-14(20)8-3-2-4-9-17-16(23)19-18-15(21)13-10-11-6-5-7-12(11)24-13/h10H,2-9H2,1H3,(H,18,21)(H2,17,19,23). The lowest BCUT2D eigenvalue weighted by Gasteiger charge is -2.10. The van der Waals surface area contributed by atoms with Crippen LogP contribution in [0.3, 0.4) is 0 Å². The smallest absolute Gasteiger partial charge is 0.305 e. The average molecular weight is 370 g/mol. The fourth-order valence-electron chi connectivity index (χ4n) is 2.54. The van der Waals surface area contributed by atoms with E-state index >= 15 is 0 Å². The van der Waals surface area contributed by atoms with Gasteiger partial charge in [0.25, 0.3) is 5.91 Å². The van der Waals surface area contributed by atoms with Crippen LogP contribution in [0.2, 0.25) is 0 Å². The van der Waals surface area contributed by atoms with Gasteiger partial charge in [-0.3, -0.25) is 20.4 Å². The third kappa shape index (κ3) is 5.76. The molecule has 0 spiro atoms. The summed E-state index contributed by atoms with van der Waals surface area (Å²) in [5.74, 6) is -0.334. The maximum atomic E-state index is 12.1. The minimum absolute atomic E-state index is 0.156. The Morgan fingerprint density at radius 2 is 2.08 bits per heavy atom. The Morgan fingerprint density at radius 3 is 2.83 bits per heavy atom. The normalized spacial score (nSPS) is 12.4. The number of ether oxygens (including phenoxy) is 1. The zero-order valence-electron chi connectivity index (χ0n) is 13.8. The van der Waals surface area contributed by atoms with E-state index in [1.54, 1.807) is 11.3 Å². The summed E-state index contributed by atoms with van der Waals surface area (Å²) in [5.41, 5.74) is 6.64. The molecular weight excluding hydrogens is 346 g/mol. The zero-order chi connectivity index (χ0) is 17.4. The molecule has 0 bridgehead atoms. The molecule has 0 saturated heterocycles. The van der Waals surface area contributed by atoms with Gasteiger partial charge in [-0.2, -0.15) is 0 Å². The van der Waals surface area contributed by atoms with Crippen molar-refractivity contribution in [3.8, 4) is 0 Å². The third-order valence-electron chi connectivity index (χ3n) is 3.83. The van der Waals surface area contributed by atoms with E-state index in [0.717, 1.165) is 37.0 Å². The molecule has 132 valence electrons. The summed E-state index contributed by atoms with van der Waals surface area (Å²) in [5, 5.41) is 3.41. The number of rotatable bonds is 7. The Balaban J connectivity index is 1.56. The third-order valence-corrected chi connectivity index (χ3v) is 5.31. The first kappa shape index (κ1) is 18.7. The van der Waals surface area contributed by atoms with Gasteiger partial charge in [0.05, 0.1) is 12.0 Å². The van der Waals surface area contributed by atoms with Crippen LogP contribution in [0.1, 0.15) is 52.2 Å². The van der Waals surface area contributed by atoms with Gasteiger partial charge in [0.1, 0.15) is 0 Å². The second-order valence-corrected chi connectivity index (χ2v) is 7.18. The molecule has 24 heavy (non-hydrogen) atoms. The van der Waals surface area contributed by atoms with Gasteiger partial charge in [0, 0.05) is 17.8 Å². The predicted octanol–water partition coefficient (Wildman–Crippen LogP) is 2.08. The maximum absolute atomic E-state index is 12.1. The number of esters is 1. The first-order valence-electron chi connectivity index (χ1n) is 8.12. The monoisotopic (exact) mass is 369 g/mol. The summed E-state index contributed by atoms with van der Waals surface area (Å²) in [6, 6.07) is 1.97. The molecule has 0 aromatic carbocycles. The Bertz CT molecular complexity index is 580. The van der Waals surface area contributed by atoms with Crippen LogP contribution in [0, 0.1) is 0 Å². The van der Waals surface area contributed by atoms with Crippen LogP contribution < -0.4 is 16.2 Å². The quantitative estimate of drug-likeness (QED) is 0.296. The average Bonchev–Trinajstić information content (AvgIpc) is 3.17. The van der Waals surface area contributed by atoms with Crippen molar-refractivity contribution >= 4 is 40.5 Å². The molecule has 3 N–H and O–H groups in total. The molecule has 1 aromatic heterocycles. The number of hydrogen-bond donors (Lipinski definition) is 3. The fraction of sp³-hybridized carbons (Fsp3) is 0.562. The van der Waals surface area contributed by atoms with Crippen LogP contribution in [-0.4, -0.2) is 30.6 Å². The summed E-state index contributed by atoms with van der Waals surface area (Å²) < 4.78 is 4.58. The highest BCUT2D eigenvalue weighted by atomic mass is 32.1. The number of fused-ring (bicyclic) bond motifs is 1. The lowest BCUT2D eigenvalue weighted by molar-refractivity contribution is -0.140. The molecule has 1 aliphatic rings. The van der Waals surface area contributed by atoms with Gasteiger partial charge in [-0.05, 0) is 56.0 Å². The molecule has 0 fully saturated rings. The second-order valence-electron chi connectivity index (χ2n) is 5.63. The van der Waals surface area contributed by atoms with Gasteiger partial charge in [-0.25, -0.2) is 0 Å². The Morgan fingerprint density at radius 1 is 1.25 bits per heavy atom. The van der Waals surface area contributed by atoms with Crippen molar-refractivity contribution in [3.05, 3.63) is 21.4 Å². The van der Waals surface area contributed by atoms with Gasteiger partial charge >= 0.3 is 5.97 Å². The first-order chi connectivity index (χ1) is 11.6. The largest absolute Gasteiger partial charge is 0.469 e. The Kier molecular flexibility index (Phi) is 7.45. The van der Waals surface area contributed by atoms with Crippen molar-refractivity contribution in [2.24, 2.45) is 0 Å². The van der Waals surface area contributed by atoms with Crippen molar-refractivity contribution < 1.29 is 14.3 Å². The lowest BCUT2D eigenvalue weighted by Crippen LogP contribution is -2.46. The van der Waals surface area contributed by atoms with E-state index in [2.05, 4.69) is 20.9 Å². The maximum Gasteiger partial charge on any atom is 0.305 e. The number of amides is 1. The number of nitrogens with one attached hydrogen (secondary N) is 3. The number of thiophene rings is 1. The predicted molar refractivity (Wildman–Crippen MR) is 98.0 cm³/mol. The van der Waals surface area contributed by atoms with Crippen LogP contribution in [0.4, 0.5) is 0 Å². The van der Waals surface area contributed by atoms with E-state index in [0.29, 0.717) is 18.1 Å². The van der Waals surface area contributed by atoms with Gasteiger partial charge in [-0.15, -0.1) is 11.3 Å². The highest BCUT2D eigenvalue weighted by Gasteiger charge is 2.18. The molecule has 0 saturated carbocycles. The molecule has 1 aliphatic carbocycles. The summed E-state index contributed by atoms with van der Waals surface area (Å²) in [6.45, 7) is 0.691. The molecule has 0 radical (unpaired) electrons. The van der Waals surface area contributed by atoms with Crippen molar-refractivity contribution in [3.63, 3.8) is 0 Å². The van der Waals surface area contributed by atoms with E-state index in [1.165, 1.54) is 24.0 Å². The molecule has 0 aliphatic heterocycles. The van der Waals surface area contributed by atoms with Crippen LogP contribution in [0.15, 0.2) is 6.07 Å². The highest BCUT2D eigenvalue weighted by molar-refractivity contribution is 7.80. The van der Waals surface area contributed by atoms with Crippen molar-refractivity contribution in [2.75, 3.05) is 13.7 Å². The highest BCUT2D eigenvalue weighted by Crippen LogP contribution is 2.30. The number of unbranched alkanes of at least 4 members (excludes halogenated alkanes) is 2. The topological polar surface area (TPSA) is 79.5 Å². The van der Waals surface area contributed by atoms with E-state index in [-0.39, 0.29) is 11.9 Å². The molecule has 0 atom stereocenters.